The fourth-order valence-electron chi connectivity index (χ4n) is 4.84. The van der Waals surface area contributed by atoms with Crippen LogP contribution < -0.4 is 21.3 Å². The van der Waals surface area contributed by atoms with Crippen LogP contribution in [0.25, 0.3) is 0 Å². The summed E-state index contributed by atoms with van der Waals surface area (Å²) in [5.74, 6) is 6.18. The van der Waals surface area contributed by atoms with Gasteiger partial charge in [0.1, 0.15) is 12.4 Å². The predicted molar refractivity (Wildman–Crippen MR) is 158 cm³/mol. The van der Waals surface area contributed by atoms with Crippen molar-refractivity contribution in [1.29, 1.82) is 0 Å². The van der Waals surface area contributed by atoms with E-state index in [1.54, 1.807) is 20.2 Å². The van der Waals surface area contributed by atoms with E-state index in [0.717, 1.165) is 52.0 Å². The van der Waals surface area contributed by atoms with Crippen LogP contribution in [0.4, 0.5) is 11.4 Å². The van der Waals surface area contributed by atoms with Gasteiger partial charge in [-0.05, 0) is 67.1 Å². The molecular formula is C31H43N5O4. The number of hydrazine groups is 1. The first-order valence-corrected chi connectivity index (χ1v) is 13.8. The molecule has 3 rings (SSSR count). The molecule has 0 saturated heterocycles. The molecule has 2 aromatic carbocycles. The number of nitrogens with zero attached hydrogens (tertiary/aromatic N) is 3. The van der Waals surface area contributed by atoms with E-state index in [2.05, 4.69) is 11.9 Å². The van der Waals surface area contributed by atoms with Crippen LogP contribution in [-0.4, -0.2) is 48.0 Å². The molecule has 1 heterocycles. The number of carbonyl (C=O) groups excluding carboxylic acids is 1. The normalized spacial score (nSPS) is 11.9. The lowest BCUT2D eigenvalue weighted by atomic mass is 9.84. The molecule has 5 N–H and O–H groups in total. The first-order valence-electron chi connectivity index (χ1n) is 13.8. The van der Waals surface area contributed by atoms with Gasteiger partial charge in [-0.3, -0.25) is 9.78 Å². The molecule has 0 saturated carbocycles. The van der Waals surface area contributed by atoms with Crippen molar-refractivity contribution in [3.8, 4) is 5.75 Å². The van der Waals surface area contributed by atoms with Crippen LogP contribution in [0.3, 0.4) is 0 Å². The van der Waals surface area contributed by atoms with Crippen molar-refractivity contribution in [3.63, 3.8) is 0 Å². The highest BCUT2D eigenvalue weighted by molar-refractivity contribution is 5.75. The molecule has 1 unspecified atom stereocenters. The standard InChI is InChI=1S/C31H43N5O4/c1-6-8-24-19-34-14-13-29(24)40-16-15-36(38)20-25-17-23(10-9-21(25)3)27(18-30(37)39-7-2)26-11-12-28(35(5)33)31(32)22(26)4/h9-14,17,19,27,38H,6-8,15-16,18,20,32-33H2,1-5H3. The molecule has 9 heteroatoms. The van der Waals surface area contributed by atoms with E-state index in [1.165, 1.54) is 10.1 Å². The molecule has 9 nitrogen and oxygen atoms in total. The van der Waals surface area contributed by atoms with Gasteiger partial charge in [-0.2, -0.15) is 5.06 Å². The first kappa shape index (κ1) is 30.9. The van der Waals surface area contributed by atoms with E-state index in [9.17, 15) is 10.0 Å². The molecule has 1 aromatic heterocycles. The first-order chi connectivity index (χ1) is 19.2. The van der Waals surface area contributed by atoms with Gasteiger partial charge in [-0.25, -0.2) is 5.84 Å². The van der Waals surface area contributed by atoms with Crippen molar-refractivity contribution in [1.82, 2.24) is 10.0 Å². The highest BCUT2D eigenvalue weighted by atomic mass is 16.5. The number of carbonyl (C=O) groups is 1. The summed E-state index contributed by atoms with van der Waals surface area (Å²) in [6, 6.07) is 11.8. The molecule has 0 aliphatic heterocycles. The Kier molecular flexibility index (Phi) is 11.3. The molecule has 0 aliphatic carbocycles. The van der Waals surface area contributed by atoms with Gasteiger partial charge in [0.25, 0.3) is 0 Å². The van der Waals surface area contributed by atoms with Crippen molar-refractivity contribution in [2.75, 3.05) is 37.5 Å². The molecule has 3 aromatic rings. The number of nitrogens with two attached hydrogens (primary N) is 2. The Morgan fingerprint density at radius 3 is 2.60 bits per heavy atom. The van der Waals surface area contributed by atoms with Gasteiger partial charge in [-0.15, -0.1) is 0 Å². The third kappa shape index (κ3) is 7.94. The molecule has 216 valence electrons. The number of esters is 1. The van der Waals surface area contributed by atoms with Gasteiger partial charge in [-0.1, -0.05) is 37.6 Å². The molecule has 40 heavy (non-hydrogen) atoms. The summed E-state index contributed by atoms with van der Waals surface area (Å²) >= 11 is 0. The third-order valence-corrected chi connectivity index (χ3v) is 7.08. The van der Waals surface area contributed by atoms with Crippen LogP contribution in [0.1, 0.15) is 66.0 Å². The van der Waals surface area contributed by atoms with Gasteiger partial charge >= 0.3 is 5.97 Å². The topological polar surface area (TPSA) is 127 Å². The highest BCUT2D eigenvalue weighted by Gasteiger charge is 2.24. The SMILES string of the molecule is CCCc1cnccc1OCCN(O)Cc1cc(C(CC(=O)OCC)c2ccc(N(C)N)c(N)c2C)ccc1C. The van der Waals surface area contributed by atoms with E-state index < -0.39 is 0 Å². The molecule has 0 spiro atoms. The van der Waals surface area contributed by atoms with Crippen molar-refractivity contribution in [2.24, 2.45) is 5.84 Å². The number of hydrogen-bond donors (Lipinski definition) is 3. The lowest BCUT2D eigenvalue weighted by Crippen LogP contribution is -2.26. The minimum absolute atomic E-state index is 0.164. The number of nitrogen functional groups attached to an aromatic ring is 1. The van der Waals surface area contributed by atoms with Crippen LogP contribution in [-0.2, 0) is 22.5 Å². The summed E-state index contributed by atoms with van der Waals surface area (Å²) in [4.78, 5) is 16.8. The van der Waals surface area contributed by atoms with Crippen molar-refractivity contribution in [3.05, 3.63) is 82.2 Å². The zero-order valence-electron chi connectivity index (χ0n) is 24.3. The monoisotopic (exact) mass is 549 g/mol. The van der Waals surface area contributed by atoms with Crippen molar-refractivity contribution >= 4 is 17.3 Å². The minimum atomic E-state index is -0.285. The highest BCUT2D eigenvalue weighted by Crippen LogP contribution is 2.37. The Morgan fingerprint density at radius 2 is 1.90 bits per heavy atom. The summed E-state index contributed by atoms with van der Waals surface area (Å²) in [6.45, 7) is 9.14. The fraction of sp³-hybridized carbons (Fsp3) is 0.419. The van der Waals surface area contributed by atoms with Crippen molar-refractivity contribution < 1.29 is 19.5 Å². The van der Waals surface area contributed by atoms with E-state index >= 15 is 0 Å². The summed E-state index contributed by atoms with van der Waals surface area (Å²) in [5.41, 5.74) is 13.5. The molecule has 0 amide bonds. The number of anilines is 2. The number of hydrogen-bond acceptors (Lipinski definition) is 9. The Morgan fingerprint density at radius 1 is 1.12 bits per heavy atom. The molecular weight excluding hydrogens is 506 g/mol. The van der Waals surface area contributed by atoms with E-state index in [0.29, 0.717) is 37.7 Å². The summed E-state index contributed by atoms with van der Waals surface area (Å²) in [7, 11) is 1.74. The summed E-state index contributed by atoms with van der Waals surface area (Å²) in [6.07, 6.45) is 5.60. The average molecular weight is 550 g/mol. The van der Waals surface area contributed by atoms with E-state index in [4.69, 9.17) is 21.1 Å². The number of pyridine rings is 1. The third-order valence-electron chi connectivity index (χ3n) is 7.08. The van der Waals surface area contributed by atoms with E-state index in [-0.39, 0.29) is 18.3 Å². The van der Waals surface area contributed by atoms with Crippen molar-refractivity contribution in [2.45, 2.75) is 59.4 Å². The Balaban J connectivity index is 1.81. The maximum Gasteiger partial charge on any atom is 0.306 e. The Hall–Kier alpha value is -3.66. The predicted octanol–water partition coefficient (Wildman–Crippen LogP) is 4.90. The largest absolute Gasteiger partial charge is 0.492 e. The van der Waals surface area contributed by atoms with Gasteiger partial charge in [0, 0.05) is 37.5 Å². The number of ether oxygens (including phenoxy) is 2. The average Bonchev–Trinajstić information content (AvgIpc) is 2.91. The summed E-state index contributed by atoms with van der Waals surface area (Å²) in [5, 5.41) is 13.5. The molecule has 0 bridgehead atoms. The minimum Gasteiger partial charge on any atom is -0.492 e. The number of aromatic nitrogens is 1. The number of benzene rings is 2. The number of hydroxylamine groups is 2. The second kappa shape index (κ2) is 14.6. The molecule has 0 radical (unpaired) electrons. The smallest absolute Gasteiger partial charge is 0.306 e. The van der Waals surface area contributed by atoms with Gasteiger partial charge in [0.15, 0.2) is 0 Å². The zero-order valence-corrected chi connectivity index (χ0v) is 24.3. The van der Waals surface area contributed by atoms with Crippen LogP contribution in [0, 0.1) is 13.8 Å². The number of aryl methyl sites for hydroxylation is 2. The van der Waals surface area contributed by atoms with Gasteiger partial charge in [0.05, 0.1) is 30.9 Å². The quantitative estimate of drug-likeness (QED) is 0.111. The molecule has 0 fully saturated rings. The van der Waals surface area contributed by atoms with Gasteiger partial charge in [0.2, 0.25) is 0 Å². The summed E-state index contributed by atoms with van der Waals surface area (Å²) < 4.78 is 11.3. The second-order valence-electron chi connectivity index (χ2n) is 10.0. The maximum atomic E-state index is 12.7. The lowest BCUT2D eigenvalue weighted by Gasteiger charge is -2.25. The zero-order chi connectivity index (χ0) is 29.2. The maximum absolute atomic E-state index is 12.7. The molecule has 0 aliphatic rings. The van der Waals surface area contributed by atoms with Crippen LogP contribution >= 0.6 is 0 Å². The van der Waals surface area contributed by atoms with Gasteiger partial charge < -0.3 is 25.4 Å². The number of rotatable bonds is 14. The Bertz CT molecular complexity index is 1280. The molecule has 1 atom stereocenters. The fourth-order valence-corrected chi connectivity index (χ4v) is 4.84. The van der Waals surface area contributed by atoms with E-state index in [1.807, 2.05) is 56.4 Å². The second-order valence-corrected chi connectivity index (χ2v) is 10.0. The lowest BCUT2D eigenvalue weighted by molar-refractivity contribution is -0.143. The van der Waals surface area contributed by atoms with Crippen LogP contribution in [0.5, 0.6) is 5.75 Å². The Labute approximate surface area is 237 Å². The van der Waals surface area contributed by atoms with Crippen LogP contribution in [0.15, 0.2) is 48.8 Å². The van der Waals surface area contributed by atoms with Crippen LogP contribution in [0.2, 0.25) is 0 Å².